The fraction of sp³-hybridized carbons (Fsp3) is 0.188. The van der Waals surface area contributed by atoms with Crippen molar-refractivity contribution in [2.24, 2.45) is 5.10 Å². The summed E-state index contributed by atoms with van der Waals surface area (Å²) in [6.07, 6.45) is 0. The van der Waals surface area contributed by atoms with E-state index in [1.165, 1.54) is 19.2 Å². The van der Waals surface area contributed by atoms with Crippen LogP contribution in [0.5, 0.6) is 11.5 Å². The van der Waals surface area contributed by atoms with Gasteiger partial charge in [-0.25, -0.2) is 0 Å². The Morgan fingerprint density at radius 1 is 1.00 bits per heavy atom. The summed E-state index contributed by atoms with van der Waals surface area (Å²) in [7, 11) is -0.603. The molecule has 122 valence electrons. The Hall–Kier alpha value is -2.54. The predicted molar refractivity (Wildman–Crippen MR) is 88.5 cm³/mol. The number of nitrogens with one attached hydrogen (secondary N) is 1. The SMILES string of the molecule is COc1ccc(/C(C)=N/NS(=O)(=O)c2ccccc2)cc1OC. The zero-order valence-electron chi connectivity index (χ0n) is 13.1. The van der Waals surface area contributed by atoms with Crippen molar-refractivity contribution in [3.63, 3.8) is 0 Å². The van der Waals surface area contributed by atoms with Crippen LogP contribution in [0.25, 0.3) is 0 Å². The number of ether oxygens (including phenoxy) is 2. The summed E-state index contributed by atoms with van der Waals surface area (Å²) in [5, 5.41) is 3.96. The topological polar surface area (TPSA) is 77.0 Å². The smallest absolute Gasteiger partial charge is 0.276 e. The Bertz CT molecular complexity index is 802. The molecule has 23 heavy (non-hydrogen) atoms. The zero-order chi connectivity index (χ0) is 16.9. The van der Waals surface area contributed by atoms with E-state index in [4.69, 9.17) is 9.47 Å². The molecule has 0 atom stereocenters. The Morgan fingerprint density at radius 2 is 1.65 bits per heavy atom. The van der Waals surface area contributed by atoms with Crippen molar-refractivity contribution in [1.82, 2.24) is 4.83 Å². The lowest BCUT2D eigenvalue weighted by Gasteiger charge is -2.10. The van der Waals surface area contributed by atoms with Crippen LogP contribution in [0.2, 0.25) is 0 Å². The molecule has 0 amide bonds. The van der Waals surface area contributed by atoms with Gasteiger partial charge in [-0.3, -0.25) is 0 Å². The van der Waals surface area contributed by atoms with Gasteiger partial charge in [0.1, 0.15) is 0 Å². The number of methoxy groups -OCH3 is 2. The molecular formula is C16H18N2O4S. The van der Waals surface area contributed by atoms with Gasteiger partial charge in [-0.1, -0.05) is 18.2 Å². The number of nitrogens with zero attached hydrogens (tertiary/aromatic N) is 1. The lowest BCUT2D eigenvalue weighted by atomic mass is 10.1. The summed E-state index contributed by atoms with van der Waals surface area (Å²) < 4.78 is 34.6. The van der Waals surface area contributed by atoms with Crippen LogP contribution in [0.3, 0.4) is 0 Å². The highest BCUT2D eigenvalue weighted by molar-refractivity contribution is 7.89. The van der Waals surface area contributed by atoms with E-state index >= 15 is 0 Å². The van der Waals surface area contributed by atoms with Crippen LogP contribution in [0.15, 0.2) is 58.5 Å². The van der Waals surface area contributed by atoms with E-state index in [9.17, 15) is 8.42 Å². The number of hydrogen-bond acceptors (Lipinski definition) is 5. The van der Waals surface area contributed by atoms with Gasteiger partial charge in [-0.2, -0.15) is 18.4 Å². The molecule has 6 nitrogen and oxygen atoms in total. The molecule has 0 unspecified atom stereocenters. The second kappa shape index (κ2) is 7.15. The van der Waals surface area contributed by atoms with E-state index in [-0.39, 0.29) is 4.90 Å². The molecular weight excluding hydrogens is 316 g/mol. The fourth-order valence-corrected chi connectivity index (χ4v) is 2.78. The van der Waals surface area contributed by atoms with Crippen molar-refractivity contribution < 1.29 is 17.9 Å². The molecule has 0 aliphatic carbocycles. The number of hydrazone groups is 1. The van der Waals surface area contributed by atoms with Gasteiger partial charge < -0.3 is 9.47 Å². The minimum absolute atomic E-state index is 0.156. The normalized spacial score (nSPS) is 11.9. The fourth-order valence-electron chi connectivity index (χ4n) is 1.91. The molecule has 2 aromatic rings. The number of benzene rings is 2. The van der Waals surface area contributed by atoms with Crippen LogP contribution in [-0.2, 0) is 10.0 Å². The summed E-state index contributed by atoms with van der Waals surface area (Å²) in [5.74, 6) is 1.14. The monoisotopic (exact) mass is 334 g/mol. The van der Waals surface area contributed by atoms with Crippen LogP contribution >= 0.6 is 0 Å². The maximum atomic E-state index is 12.1. The van der Waals surface area contributed by atoms with E-state index in [0.717, 1.165) is 5.56 Å². The molecule has 1 N–H and O–H groups in total. The van der Waals surface area contributed by atoms with Gasteiger partial charge in [-0.15, -0.1) is 0 Å². The third kappa shape index (κ3) is 4.01. The number of sulfonamides is 1. The summed E-state index contributed by atoms with van der Waals surface area (Å²) in [6.45, 7) is 1.70. The summed E-state index contributed by atoms with van der Waals surface area (Å²) in [5.41, 5.74) is 1.23. The van der Waals surface area contributed by atoms with Gasteiger partial charge in [0, 0.05) is 5.56 Å². The molecule has 0 spiro atoms. The maximum absolute atomic E-state index is 12.1. The number of rotatable bonds is 6. The van der Waals surface area contributed by atoms with Crippen molar-refractivity contribution in [3.05, 3.63) is 54.1 Å². The Kier molecular flexibility index (Phi) is 5.23. The molecule has 0 heterocycles. The maximum Gasteiger partial charge on any atom is 0.276 e. The largest absolute Gasteiger partial charge is 0.493 e. The third-order valence-electron chi connectivity index (χ3n) is 3.19. The van der Waals surface area contributed by atoms with Crippen molar-refractivity contribution in [2.45, 2.75) is 11.8 Å². The molecule has 0 aliphatic heterocycles. The Labute approximate surface area is 135 Å². The summed E-state index contributed by atoms with van der Waals surface area (Å²) >= 11 is 0. The quantitative estimate of drug-likeness (QED) is 0.650. The Balaban J connectivity index is 2.23. The minimum atomic E-state index is -3.69. The van der Waals surface area contributed by atoms with Gasteiger partial charge in [0.2, 0.25) is 0 Å². The molecule has 0 radical (unpaired) electrons. The first-order valence-corrected chi connectivity index (χ1v) is 8.30. The standard InChI is InChI=1S/C16H18N2O4S/c1-12(13-9-10-15(21-2)16(11-13)22-3)17-18-23(19,20)14-7-5-4-6-8-14/h4-11,18H,1-3H3/b17-12+. The molecule has 0 bridgehead atoms. The first-order valence-electron chi connectivity index (χ1n) is 6.81. The first kappa shape index (κ1) is 16.8. The summed E-state index contributed by atoms with van der Waals surface area (Å²) in [6, 6.07) is 13.3. The lowest BCUT2D eigenvalue weighted by Crippen LogP contribution is -2.19. The molecule has 0 aliphatic rings. The Morgan fingerprint density at radius 3 is 2.26 bits per heavy atom. The summed E-state index contributed by atoms with van der Waals surface area (Å²) in [4.78, 5) is 2.38. The molecule has 7 heteroatoms. The minimum Gasteiger partial charge on any atom is -0.493 e. The highest BCUT2D eigenvalue weighted by atomic mass is 32.2. The van der Waals surface area contributed by atoms with Crippen LogP contribution in [0.1, 0.15) is 12.5 Å². The average molecular weight is 334 g/mol. The van der Waals surface area contributed by atoms with Gasteiger partial charge in [0.25, 0.3) is 10.0 Å². The number of hydrogen-bond donors (Lipinski definition) is 1. The van der Waals surface area contributed by atoms with Crippen molar-refractivity contribution in [2.75, 3.05) is 14.2 Å². The zero-order valence-corrected chi connectivity index (χ0v) is 13.9. The van der Waals surface area contributed by atoms with Gasteiger partial charge in [0.05, 0.1) is 24.8 Å². The second-order valence-corrected chi connectivity index (χ2v) is 6.34. The van der Waals surface area contributed by atoms with Crippen molar-refractivity contribution in [3.8, 4) is 11.5 Å². The third-order valence-corrected chi connectivity index (χ3v) is 4.41. The predicted octanol–water partition coefficient (Wildman–Crippen LogP) is 2.41. The van der Waals surface area contributed by atoms with Crippen LogP contribution < -0.4 is 14.3 Å². The van der Waals surface area contributed by atoms with E-state index in [0.29, 0.717) is 17.2 Å². The highest BCUT2D eigenvalue weighted by Gasteiger charge is 2.12. The van der Waals surface area contributed by atoms with Crippen LogP contribution in [0, 0.1) is 0 Å². The van der Waals surface area contributed by atoms with Gasteiger partial charge in [-0.05, 0) is 37.3 Å². The molecule has 0 saturated carbocycles. The van der Waals surface area contributed by atoms with Crippen LogP contribution in [0.4, 0.5) is 0 Å². The molecule has 0 fully saturated rings. The average Bonchev–Trinajstić information content (AvgIpc) is 2.59. The highest BCUT2D eigenvalue weighted by Crippen LogP contribution is 2.27. The van der Waals surface area contributed by atoms with Gasteiger partial charge in [0.15, 0.2) is 11.5 Å². The van der Waals surface area contributed by atoms with E-state index in [1.807, 2.05) is 0 Å². The molecule has 0 aromatic heterocycles. The van der Waals surface area contributed by atoms with Gasteiger partial charge >= 0.3 is 0 Å². The molecule has 2 aromatic carbocycles. The molecule has 0 saturated heterocycles. The van der Waals surface area contributed by atoms with E-state index < -0.39 is 10.0 Å². The lowest BCUT2D eigenvalue weighted by molar-refractivity contribution is 0.355. The van der Waals surface area contributed by atoms with Crippen LogP contribution in [-0.4, -0.2) is 28.3 Å². The first-order chi connectivity index (χ1) is 11.0. The second-order valence-electron chi connectivity index (χ2n) is 4.67. The van der Waals surface area contributed by atoms with Crippen molar-refractivity contribution >= 4 is 15.7 Å². The van der Waals surface area contributed by atoms with E-state index in [2.05, 4.69) is 9.93 Å². The van der Waals surface area contributed by atoms with Crippen molar-refractivity contribution in [1.29, 1.82) is 0 Å². The van der Waals surface area contributed by atoms with E-state index in [1.54, 1.807) is 50.4 Å². The molecule has 2 rings (SSSR count).